The Labute approximate surface area is 161 Å². The molecule has 1 aliphatic rings. The largest absolute Gasteiger partial charge is 0.323 e. The highest BCUT2D eigenvalue weighted by Gasteiger charge is 2.26. The van der Waals surface area contributed by atoms with Gasteiger partial charge in [-0.25, -0.2) is 4.79 Å². The van der Waals surface area contributed by atoms with Crippen LogP contribution in [0.15, 0.2) is 60.0 Å². The first-order valence-corrected chi connectivity index (χ1v) is 9.62. The molecule has 0 atom stereocenters. The van der Waals surface area contributed by atoms with Crippen molar-refractivity contribution in [1.82, 2.24) is 0 Å². The number of thiophene rings is 1. The Bertz CT molecular complexity index is 998. The molecule has 1 aliphatic heterocycles. The van der Waals surface area contributed by atoms with Crippen molar-refractivity contribution in [2.24, 2.45) is 0 Å². The molecule has 1 aromatic heterocycles. The fraction of sp³-hybridized carbons (Fsp3) is 0.143. The number of hydrogen-bond donors (Lipinski definition) is 2. The minimum atomic E-state index is -0.307. The van der Waals surface area contributed by atoms with Gasteiger partial charge in [-0.05, 0) is 54.1 Å². The molecule has 2 aromatic carbocycles. The summed E-state index contributed by atoms with van der Waals surface area (Å²) >= 11 is 1.44. The smallest absolute Gasteiger partial charge is 0.308 e. The Kier molecular flexibility index (Phi) is 4.64. The second kappa shape index (κ2) is 7.25. The van der Waals surface area contributed by atoms with Gasteiger partial charge in [0.25, 0.3) is 5.91 Å². The van der Waals surface area contributed by atoms with Crippen LogP contribution in [0.3, 0.4) is 0 Å². The SMILES string of the molecule is Cc1ccccc1NC(=O)Nc1ccc2c(c1)N(C(=O)c1cccs1)CC2. The van der Waals surface area contributed by atoms with Crippen LogP contribution in [0.1, 0.15) is 20.8 Å². The summed E-state index contributed by atoms with van der Waals surface area (Å²) in [5.74, 6) is 0.00487. The maximum atomic E-state index is 12.7. The molecule has 0 saturated carbocycles. The van der Waals surface area contributed by atoms with E-state index < -0.39 is 0 Å². The molecule has 6 heteroatoms. The second-order valence-corrected chi connectivity index (χ2v) is 7.37. The zero-order valence-electron chi connectivity index (χ0n) is 14.9. The maximum Gasteiger partial charge on any atom is 0.323 e. The molecule has 4 rings (SSSR count). The quantitative estimate of drug-likeness (QED) is 0.682. The van der Waals surface area contributed by atoms with Crippen LogP contribution < -0.4 is 15.5 Å². The van der Waals surface area contributed by atoms with Crippen molar-refractivity contribution < 1.29 is 9.59 Å². The van der Waals surface area contributed by atoms with Gasteiger partial charge in [-0.3, -0.25) is 4.79 Å². The van der Waals surface area contributed by atoms with Crippen molar-refractivity contribution in [3.63, 3.8) is 0 Å². The van der Waals surface area contributed by atoms with E-state index in [0.29, 0.717) is 12.2 Å². The number of para-hydroxylation sites is 1. The summed E-state index contributed by atoms with van der Waals surface area (Å²) in [4.78, 5) is 27.6. The van der Waals surface area contributed by atoms with Gasteiger partial charge in [0.1, 0.15) is 0 Å². The van der Waals surface area contributed by atoms with Crippen LogP contribution in [-0.2, 0) is 6.42 Å². The summed E-state index contributed by atoms with van der Waals surface area (Å²) in [5, 5.41) is 7.61. The van der Waals surface area contributed by atoms with Gasteiger partial charge in [0.15, 0.2) is 0 Å². The monoisotopic (exact) mass is 377 g/mol. The molecule has 3 aromatic rings. The molecule has 3 amide bonds. The van der Waals surface area contributed by atoms with Gasteiger partial charge in [0.2, 0.25) is 0 Å². The number of nitrogens with zero attached hydrogens (tertiary/aromatic N) is 1. The van der Waals surface area contributed by atoms with E-state index >= 15 is 0 Å². The summed E-state index contributed by atoms with van der Waals surface area (Å²) in [5.41, 5.74) is 4.40. The Morgan fingerprint density at radius 3 is 2.67 bits per heavy atom. The van der Waals surface area contributed by atoms with E-state index in [1.54, 1.807) is 4.90 Å². The number of nitrogens with one attached hydrogen (secondary N) is 2. The molecular formula is C21H19N3O2S. The van der Waals surface area contributed by atoms with Crippen molar-refractivity contribution in [2.75, 3.05) is 22.1 Å². The van der Waals surface area contributed by atoms with Crippen LogP contribution in [0.25, 0.3) is 0 Å². The summed E-state index contributed by atoms with van der Waals surface area (Å²) < 4.78 is 0. The zero-order valence-corrected chi connectivity index (χ0v) is 15.7. The number of hydrogen-bond acceptors (Lipinski definition) is 3. The maximum absolute atomic E-state index is 12.7. The van der Waals surface area contributed by atoms with Gasteiger partial charge in [0, 0.05) is 23.6 Å². The van der Waals surface area contributed by atoms with Gasteiger partial charge < -0.3 is 15.5 Å². The fourth-order valence-corrected chi connectivity index (χ4v) is 3.87. The number of carbonyl (C=O) groups excluding carboxylic acids is 2. The Hall–Kier alpha value is -3.12. The lowest BCUT2D eigenvalue weighted by atomic mass is 10.1. The standard InChI is InChI=1S/C21H19N3O2S/c1-14-5-2-3-6-17(14)23-21(26)22-16-9-8-15-10-11-24(18(15)13-16)20(25)19-7-4-12-27-19/h2-9,12-13H,10-11H2,1H3,(H2,22,23,26). The number of aryl methyl sites for hydroxylation is 1. The van der Waals surface area contributed by atoms with Crippen LogP contribution in [0.5, 0.6) is 0 Å². The number of amides is 3. The minimum Gasteiger partial charge on any atom is -0.308 e. The Morgan fingerprint density at radius 1 is 1.04 bits per heavy atom. The summed E-state index contributed by atoms with van der Waals surface area (Å²) in [6.07, 6.45) is 0.822. The molecule has 0 bridgehead atoms. The van der Waals surface area contributed by atoms with Gasteiger partial charge in [0.05, 0.1) is 4.88 Å². The highest BCUT2D eigenvalue weighted by molar-refractivity contribution is 7.12. The van der Waals surface area contributed by atoms with Crippen molar-refractivity contribution in [2.45, 2.75) is 13.3 Å². The summed E-state index contributed by atoms with van der Waals surface area (Å²) in [6, 6.07) is 16.7. The summed E-state index contributed by atoms with van der Waals surface area (Å²) in [7, 11) is 0. The number of carbonyl (C=O) groups is 2. The second-order valence-electron chi connectivity index (χ2n) is 6.42. The molecule has 2 N–H and O–H groups in total. The zero-order chi connectivity index (χ0) is 18.8. The predicted molar refractivity (Wildman–Crippen MR) is 110 cm³/mol. The number of anilines is 3. The third kappa shape index (κ3) is 3.57. The van der Waals surface area contributed by atoms with E-state index in [2.05, 4.69) is 10.6 Å². The molecule has 0 spiro atoms. The minimum absolute atomic E-state index is 0.00487. The first-order valence-electron chi connectivity index (χ1n) is 8.74. The summed E-state index contributed by atoms with van der Waals surface area (Å²) in [6.45, 7) is 2.60. The van der Waals surface area contributed by atoms with Crippen molar-refractivity contribution in [1.29, 1.82) is 0 Å². The Morgan fingerprint density at radius 2 is 1.89 bits per heavy atom. The van der Waals surface area contributed by atoms with E-state index in [9.17, 15) is 9.59 Å². The topological polar surface area (TPSA) is 61.4 Å². The average Bonchev–Trinajstić information content (AvgIpc) is 3.32. The molecule has 0 fully saturated rings. The lowest BCUT2D eigenvalue weighted by molar-refractivity contribution is 0.0993. The van der Waals surface area contributed by atoms with Crippen molar-refractivity contribution in [3.8, 4) is 0 Å². The van der Waals surface area contributed by atoms with E-state index in [0.717, 1.165) is 33.8 Å². The molecular weight excluding hydrogens is 358 g/mol. The van der Waals surface area contributed by atoms with Crippen LogP contribution in [0.4, 0.5) is 21.9 Å². The first kappa shape index (κ1) is 17.3. The van der Waals surface area contributed by atoms with E-state index in [1.807, 2.05) is 66.9 Å². The number of urea groups is 1. The van der Waals surface area contributed by atoms with Crippen LogP contribution in [0, 0.1) is 6.92 Å². The third-order valence-corrected chi connectivity index (χ3v) is 5.47. The van der Waals surface area contributed by atoms with E-state index in [4.69, 9.17) is 0 Å². The molecule has 0 unspecified atom stereocenters. The van der Waals surface area contributed by atoms with Gasteiger partial charge >= 0.3 is 6.03 Å². The number of fused-ring (bicyclic) bond motifs is 1. The number of rotatable bonds is 3. The molecule has 136 valence electrons. The third-order valence-electron chi connectivity index (χ3n) is 4.61. The van der Waals surface area contributed by atoms with Crippen LogP contribution >= 0.6 is 11.3 Å². The van der Waals surface area contributed by atoms with Crippen LogP contribution in [0.2, 0.25) is 0 Å². The van der Waals surface area contributed by atoms with E-state index in [1.165, 1.54) is 11.3 Å². The predicted octanol–water partition coefficient (Wildman–Crippen LogP) is 4.90. The van der Waals surface area contributed by atoms with Gasteiger partial charge in [-0.15, -0.1) is 11.3 Å². The lowest BCUT2D eigenvalue weighted by Crippen LogP contribution is -2.28. The highest BCUT2D eigenvalue weighted by Crippen LogP contribution is 2.32. The molecule has 27 heavy (non-hydrogen) atoms. The highest BCUT2D eigenvalue weighted by atomic mass is 32.1. The van der Waals surface area contributed by atoms with Gasteiger partial charge in [-0.1, -0.05) is 30.3 Å². The average molecular weight is 377 g/mol. The van der Waals surface area contributed by atoms with E-state index in [-0.39, 0.29) is 11.9 Å². The number of benzene rings is 2. The fourth-order valence-electron chi connectivity index (χ4n) is 3.20. The molecule has 0 aliphatic carbocycles. The lowest BCUT2D eigenvalue weighted by Gasteiger charge is -2.17. The first-order chi connectivity index (χ1) is 13.1. The molecule has 0 radical (unpaired) electrons. The van der Waals surface area contributed by atoms with Gasteiger partial charge in [-0.2, -0.15) is 0 Å². The molecule has 5 nitrogen and oxygen atoms in total. The molecule has 0 saturated heterocycles. The van der Waals surface area contributed by atoms with Crippen molar-refractivity contribution >= 4 is 40.3 Å². The van der Waals surface area contributed by atoms with Crippen molar-refractivity contribution in [3.05, 3.63) is 76.0 Å². The normalized spacial score (nSPS) is 12.6. The Balaban J connectivity index is 1.51. The molecule has 2 heterocycles. The van der Waals surface area contributed by atoms with Crippen LogP contribution in [-0.4, -0.2) is 18.5 Å².